The van der Waals surface area contributed by atoms with E-state index in [4.69, 9.17) is 4.74 Å². The standard InChI is InChI=1S/C20H20N2O4S/c1-26-18-12-9-16(14-19(18)27(24,25)22-17-10-11-17)20(23)21-13-5-8-15-6-3-2-4-7-15/h2-4,6-7,9,12,14,17,22H,10-11,13H2,1H3,(H,21,23). The van der Waals surface area contributed by atoms with Crippen LogP contribution in [0.15, 0.2) is 53.4 Å². The van der Waals surface area contributed by atoms with E-state index in [-0.39, 0.29) is 28.8 Å². The highest BCUT2D eigenvalue weighted by atomic mass is 32.2. The van der Waals surface area contributed by atoms with Gasteiger partial charge in [0.25, 0.3) is 5.91 Å². The number of hydrogen-bond acceptors (Lipinski definition) is 4. The first-order valence-electron chi connectivity index (χ1n) is 8.52. The average molecular weight is 384 g/mol. The Kier molecular flexibility index (Phi) is 5.79. The first-order valence-corrected chi connectivity index (χ1v) is 10.0. The maximum atomic E-state index is 12.5. The molecule has 0 bridgehead atoms. The lowest BCUT2D eigenvalue weighted by molar-refractivity contribution is 0.0958. The van der Waals surface area contributed by atoms with E-state index in [9.17, 15) is 13.2 Å². The minimum absolute atomic E-state index is 0.0366. The van der Waals surface area contributed by atoms with E-state index in [1.165, 1.54) is 25.3 Å². The van der Waals surface area contributed by atoms with Gasteiger partial charge in [-0.2, -0.15) is 0 Å². The van der Waals surface area contributed by atoms with Crippen LogP contribution in [0.5, 0.6) is 5.75 Å². The molecular formula is C20H20N2O4S. The summed E-state index contributed by atoms with van der Waals surface area (Å²) < 4.78 is 32.8. The van der Waals surface area contributed by atoms with Crippen LogP contribution in [0.4, 0.5) is 0 Å². The second kappa shape index (κ2) is 8.25. The van der Waals surface area contributed by atoms with Gasteiger partial charge in [-0.25, -0.2) is 13.1 Å². The van der Waals surface area contributed by atoms with Crippen molar-refractivity contribution in [3.8, 4) is 17.6 Å². The quantitative estimate of drug-likeness (QED) is 0.746. The van der Waals surface area contributed by atoms with Crippen molar-refractivity contribution in [3.05, 3.63) is 59.7 Å². The highest BCUT2D eigenvalue weighted by Gasteiger charge is 2.30. The van der Waals surface area contributed by atoms with Gasteiger partial charge in [0.05, 0.1) is 13.7 Å². The SMILES string of the molecule is COc1ccc(C(=O)NCC#Cc2ccccc2)cc1S(=O)(=O)NC1CC1. The van der Waals surface area contributed by atoms with E-state index < -0.39 is 15.9 Å². The van der Waals surface area contributed by atoms with Crippen LogP contribution in [-0.2, 0) is 10.0 Å². The predicted octanol–water partition coefficient (Wildman–Crippen LogP) is 1.92. The smallest absolute Gasteiger partial charge is 0.252 e. The number of nitrogens with one attached hydrogen (secondary N) is 2. The molecule has 140 valence electrons. The van der Waals surface area contributed by atoms with E-state index >= 15 is 0 Å². The summed E-state index contributed by atoms with van der Waals surface area (Å²) >= 11 is 0. The Morgan fingerprint density at radius 3 is 2.59 bits per heavy atom. The average Bonchev–Trinajstić information content (AvgIpc) is 3.48. The fourth-order valence-electron chi connectivity index (χ4n) is 2.41. The van der Waals surface area contributed by atoms with E-state index in [1.54, 1.807) is 0 Å². The number of hydrogen-bond donors (Lipinski definition) is 2. The molecule has 0 atom stereocenters. The number of methoxy groups -OCH3 is 1. The molecule has 0 radical (unpaired) electrons. The fourth-order valence-corrected chi connectivity index (χ4v) is 3.91. The van der Waals surface area contributed by atoms with Crippen molar-refractivity contribution in [3.63, 3.8) is 0 Å². The molecule has 2 N–H and O–H groups in total. The summed E-state index contributed by atoms with van der Waals surface area (Å²) in [6.45, 7) is 0.155. The number of amides is 1. The molecule has 1 amide bonds. The van der Waals surface area contributed by atoms with Crippen molar-refractivity contribution >= 4 is 15.9 Å². The van der Waals surface area contributed by atoms with E-state index in [2.05, 4.69) is 21.9 Å². The van der Waals surface area contributed by atoms with Gasteiger partial charge in [0.1, 0.15) is 10.6 Å². The molecule has 0 unspecified atom stereocenters. The first kappa shape index (κ1) is 19.0. The molecule has 2 aromatic carbocycles. The lowest BCUT2D eigenvalue weighted by atomic mass is 10.2. The van der Waals surface area contributed by atoms with Crippen LogP contribution in [0.1, 0.15) is 28.8 Å². The molecule has 1 fully saturated rings. The minimum atomic E-state index is -3.74. The third-order valence-electron chi connectivity index (χ3n) is 3.96. The third-order valence-corrected chi connectivity index (χ3v) is 5.50. The molecule has 0 saturated heterocycles. The van der Waals surface area contributed by atoms with Gasteiger partial charge in [-0.3, -0.25) is 4.79 Å². The van der Waals surface area contributed by atoms with Gasteiger partial charge in [0, 0.05) is 17.2 Å². The summed E-state index contributed by atoms with van der Waals surface area (Å²) in [7, 11) is -2.35. The molecule has 1 aliphatic rings. The normalized spacial score (nSPS) is 13.4. The molecule has 0 aromatic heterocycles. The number of rotatable bonds is 6. The molecule has 0 aliphatic heterocycles. The summed E-state index contributed by atoms with van der Waals surface area (Å²) in [5, 5.41) is 2.67. The maximum absolute atomic E-state index is 12.5. The molecule has 7 heteroatoms. The van der Waals surface area contributed by atoms with Crippen LogP contribution in [0.25, 0.3) is 0 Å². The van der Waals surface area contributed by atoms with Crippen molar-refractivity contribution in [2.24, 2.45) is 0 Å². The van der Waals surface area contributed by atoms with Crippen molar-refractivity contribution < 1.29 is 17.9 Å². The van der Waals surface area contributed by atoms with Crippen molar-refractivity contribution in [1.29, 1.82) is 0 Å². The first-order chi connectivity index (χ1) is 13.0. The number of benzene rings is 2. The summed E-state index contributed by atoms with van der Waals surface area (Å²) in [4.78, 5) is 12.3. The Hall–Kier alpha value is -2.82. The topological polar surface area (TPSA) is 84.5 Å². The second-order valence-corrected chi connectivity index (χ2v) is 7.79. The van der Waals surface area contributed by atoms with Gasteiger partial charge < -0.3 is 10.1 Å². The zero-order chi connectivity index (χ0) is 19.3. The van der Waals surface area contributed by atoms with Crippen molar-refractivity contribution in [2.45, 2.75) is 23.8 Å². The Balaban J connectivity index is 1.71. The lowest BCUT2D eigenvalue weighted by Gasteiger charge is -2.12. The molecule has 1 aliphatic carbocycles. The van der Waals surface area contributed by atoms with Crippen LogP contribution in [-0.4, -0.2) is 34.0 Å². The number of carbonyl (C=O) groups excluding carboxylic acids is 1. The Labute approximate surface area is 159 Å². The van der Waals surface area contributed by atoms with Gasteiger partial charge in [-0.15, -0.1) is 0 Å². The van der Waals surface area contributed by atoms with Crippen molar-refractivity contribution in [2.75, 3.05) is 13.7 Å². The van der Waals surface area contributed by atoms with Crippen LogP contribution >= 0.6 is 0 Å². The van der Waals surface area contributed by atoms with Crippen LogP contribution in [0, 0.1) is 11.8 Å². The Morgan fingerprint density at radius 2 is 1.93 bits per heavy atom. The lowest BCUT2D eigenvalue weighted by Crippen LogP contribution is -2.27. The number of ether oxygens (including phenoxy) is 1. The molecule has 0 spiro atoms. The molecule has 27 heavy (non-hydrogen) atoms. The number of carbonyl (C=O) groups is 1. The summed E-state index contributed by atoms with van der Waals surface area (Å²) in [5.74, 6) is 5.61. The highest BCUT2D eigenvalue weighted by molar-refractivity contribution is 7.89. The Morgan fingerprint density at radius 1 is 1.19 bits per heavy atom. The highest BCUT2D eigenvalue weighted by Crippen LogP contribution is 2.28. The molecule has 2 aromatic rings. The summed E-state index contributed by atoms with van der Waals surface area (Å²) in [6.07, 6.45) is 1.64. The predicted molar refractivity (Wildman–Crippen MR) is 102 cm³/mol. The van der Waals surface area contributed by atoms with E-state index in [0.717, 1.165) is 18.4 Å². The Bertz CT molecular complexity index is 988. The minimum Gasteiger partial charge on any atom is -0.495 e. The van der Waals surface area contributed by atoms with Crippen LogP contribution in [0.3, 0.4) is 0 Å². The van der Waals surface area contributed by atoms with Gasteiger partial charge in [0.15, 0.2) is 0 Å². The van der Waals surface area contributed by atoms with Gasteiger partial charge >= 0.3 is 0 Å². The number of sulfonamides is 1. The molecular weight excluding hydrogens is 364 g/mol. The van der Waals surface area contributed by atoms with E-state index in [1.807, 2.05) is 30.3 Å². The molecule has 3 rings (SSSR count). The summed E-state index contributed by atoms with van der Waals surface area (Å²) in [5.41, 5.74) is 1.09. The van der Waals surface area contributed by atoms with Crippen molar-refractivity contribution in [1.82, 2.24) is 10.0 Å². The summed E-state index contributed by atoms with van der Waals surface area (Å²) in [6, 6.07) is 13.7. The zero-order valence-electron chi connectivity index (χ0n) is 14.9. The van der Waals surface area contributed by atoms with Gasteiger partial charge in [-0.1, -0.05) is 30.0 Å². The van der Waals surface area contributed by atoms with Crippen LogP contribution < -0.4 is 14.8 Å². The molecule has 6 nitrogen and oxygen atoms in total. The molecule has 0 heterocycles. The zero-order valence-corrected chi connectivity index (χ0v) is 15.7. The largest absolute Gasteiger partial charge is 0.495 e. The van der Waals surface area contributed by atoms with Gasteiger partial charge in [0.2, 0.25) is 10.0 Å². The second-order valence-electron chi connectivity index (χ2n) is 6.11. The third kappa shape index (κ3) is 5.09. The maximum Gasteiger partial charge on any atom is 0.252 e. The fraction of sp³-hybridized carbons (Fsp3) is 0.250. The molecule has 1 saturated carbocycles. The van der Waals surface area contributed by atoms with Gasteiger partial charge in [-0.05, 0) is 43.2 Å². The monoisotopic (exact) mass is 384 g/mol. The van der Waals surface area contributed by atoms with Crippen LogP contribution in [0.2, 0.25) is 0 Å². The van der Waals surface area contributed by atoms with E-state index in [0.29, 0.717) is 0 Å².